The Morgan fingerprint density at radius 2 is 2.43 bits per heavy atom. The Hall–Kier alpha value is -1.52. The maximum absolute atomic E-state index is 8.30. The van der Waals surface area contributed by atoms with Crippen LogP contribution in [0.3, 0.4) is 0 Å². The van der Waals surface area contributed by atoms with Gasteiger partial charge in [0.2, 0.25) is 0 Å². The van der Waals surface area contributed by atoms with Gasteiger partial charge in [0, 0.05) is 19.2 Å². The second-order valence-electron chi connectivity index (χ2n) is 3.33. The lowest BCUT2D eigenvalue weighted by Crippen LogP contribution is -2.11. The molecule has 0 bridgehead atoms. The molecule has 0 amide bonds. The molecule has 0 saturated carbocycles. The molecular formula is C9H16N4O. The smallest absolute Gasteiger partial charge is 0.139 e. The summed E-state index contributed by atoms with van der Waals surface area (Å²) in [5.41, 5.74) is 6.50. The molecule has 0 radical (unpaired) electrons. The summed E-state index contributed by atoms with van der Waals surface area (Å²) in [6, 6.07) is 0. The summed E-state index contributed by atoms with van der Waals surface area (Å²) >= 11 is 0. The van der Waals surface area contributed by atoms with Crippen LogP contribution in [0.2, 0.25) is 0 Å². The summed E-state index contributed by atoms with van der Waals surface area (Å²) in [5.74, 6) is 0.293. The minimum absolute atomic E-state index is 0.293. The van der Waals surface area contributed by atoms with E-state index in [0.717, 1.165) is 19.4 Å². The molecule has 14 heavy (non-hydrogen) atoms. The van der Waals surface area contributed by atoms with Crippen molar-refractivity contribution in [3.63, 3.8) is 0 Å². The number of rotatable bonds is 5. The van der Waals surface area contributed by atoms with Crippen molar-refractivity contribution in [2.24, 2.45) is 10.9 Å². The van der Waals surface area contributed by atoms with Crippen molar-refractivity contribution in [1.82, 2.24) is 9.78 Å². The maximum atomic E-state index is 8.30. The summed E-state index contributed by atoms with van der Waals surface area (Å²) in [6.07, 6.45) is 6.37. The van der Waals surface area contributed by atoms with Crippen LogP contribution in [0.15, 0.2) is 17.5 Å². The molecule has 0 aliphatic carbocycles. The quantitative estimate of drug-likeness (QED) is 0.243. The predicted molar refractivity (Wildman–Crippen MR) is 54.2 cm³/mol. The fourth-order valence-electron chi connectivity index (χ4n) is 1.22. The first-order valence-corrected chi connectivity index (χ1v) is 4.68. The van der Waals surface area contributed by atoms with Gasteiger partial charge in [-0.05, 0) is 25.3 Å². The van der Waals surface area contributed by atoms with Crippen LogP contribution in [0, 0.1) is 6.92 Å². The Balaban J connectivity index is 2.16. The lowest BCUT2D eigenvalue weighted by molar-refractivity contribution is 0.316. The van der Waals surface area contributed by atoms with Crippen molar-refractivity contribution in [2.45, 2.75) is 32.7 Å². The highest BCUT2D eigenvalue weighted by Crippen LogP contribution is 2.00. The van der Waals surface area contributed by atoms with Gasteiger partial charge in [0.25, 0.3) is 0 Å². The average molecular weight is 196 g/mol. The van der Waals surface area contributed by atoms with Crippen LogP contribution in [0.5, 0.6) is 0 Å². The molecule has 0 aromatic carbocycles. The van der Waals surface area contributed by atoms with E-state index in [0.29, 0.717) is 12.3 Å². The summed E-state index contributed by atoms with van der Waals surface area (Å²) in [6.45, 7) is 2.90. The largest absolute Gasteiger partial charge is 0.409 e. The molecule has 0 unspecified atom stereocenters. The van der Waals surface area contributed by atoms with E-state index < -0.39 is 0 Å². The highest BCUT2D eigenvalue weighted by molar-refractivity contribution is 5.79. The van der Waals surface area contributed by atoms with Gasteiger partial charge in [0.1, 0.15) is 5.84 Å². The fraction of sp³-hybridized carbons (Fsp3) is 0.556. The molecule has 0 spiro atoms. The lowest BCUT2D eigenvalue weighted by atomic mass is 10.2. The Morgan fingerprint density at radius 3 is 3.00 bits per heavy atom. The van der Waals surface area contributed by atoms with Crippen LogP contribution >= 0.6 is 0 Å². The van der Waals surface area contributed by atoms with Crippen molar-refractivity contribution >= 4 is 5.84 Å². The number of nitrogens with two attached hydrogens (primary N) is 1. The first-order valence-electron chi connectivity index (χ1n) is 4.68. The minimum Gasteiger partial charge on any atom is -0.409 e. The topological polar surface area (TPSA) is 76.4 Å². The molecule has 3 N–H and O–H groups in total. The molecule has 1 heterocycles. The van der Waals surface area contributed by atoms with Crippen LogP contribution in [0.1, 0.15) is 24.8 Å². The summed E-state index contributed by atoms with van der Waals surface area (Å²) in [5, 5.41) is 15.4. The van der Waals surface area contributed by atoms with E-state index in [1.807, 2.05) is 24.0 Å². The number of aromatic nitrogens is 2. The van der Waals surface area contributed by atoms with Crippen molar-refractivity contribution in [3.05, 3.63) is 18.0 Å². The number of hydrogen-bond donors (Lipinski definition) is 2. The number of oxime groups is 1. The van der Waals surface area contributed by atoms with Gasteiger partial charge in [-0.1, -0.05) is 5.16 Å². The van der Waals surface area contributed by atoms with Crippen molar-refractivity contribution < 1.29 is 5.21 Å². The standard InChI is InChI=1S/C9H16N4O/c1-8-6-11-13(7-8)5-3-2-4-9(10)12-14/h6-7,14H,2-5H2,1H3,(H2,10,12). The molecule has 1 aromatic rings. The van der Waals surface area contributed by atoms with Crippen LogP contribution in [-0.2, 0) is 6.54 Å². The third kappa shape index (κ3) is 3.47. The molecule has 5 nitrogen and oxygen atoms in total. The van der Waals surface area contributed by atoms with Crippen molar-refractivity contribution in [2.75, 3.05) is 0 Å². The first kappa shape index (κ1) is 10.6. The minimum atomic E-state index is 0.293. The van der Waals surface area contributed by atoms with Gasteiger partial charge in [-0.15, -0.1) is 0 Å². The molecule has 78 valence electrons. The number of aryl methyl sites for hydroxylation is 2. The number of amidine groups is 1. The predicted octanol–water partition coefficient (Wildman–Crippen LogP) is 1.11. The second kappa shape index (κ2) is 5.26. The first-order chi connectivity index (χ1) is 6.72. The normalized spacial score (nSPS) is 11.9. The average Bonchev–Trinajstić information content (AvgIpc) is 2.58. The van der Waals surface area contributed by atoms with E-state index in [2.05, 4.69) is 10.3 Å². The maximum Gasteiger partial charge on any atom is 0.139 e. The number of unbranched alkanes of at least 4 members (excludes halogenated alkanes) is 1. The SMILES string of the molecule is Cc1cnn(CCCCC(N)=NO)c1. The zero-order chi connectivity index (χ0) is 10.4. The molecule has 0 saturated heterocycles. The zero-order valence-electron chi connectivity index (χ0n) is 8.35. The highest BCUT2D eigenvalue weighted by atomic mass is 16.4. The van der Waals surface area contributed by atoms with E-state index in [4.69, 9.17) is 10.9 Å². The highest BCUT2D eigenvalue weighted by Gasteiger charge is 1.96. The Morgan fingerprint density at radius 1 is 1.64 bits per heavy atom. The molecule has 0 aliphatic rings. The molecule has 0 fully saturated rings. The van der Waals surface area contributed by atoms with Crippen LogP contribution in [-0.4, -0.2) is 20.8 Å². The zero-order valence-corrected chi connectivity index (χ0v) is 8.35. The monoisotopic (exact) mass is 196 g/mol. The Kier molecular flexibility index (Phi) is 3.97. The van der Waals surface area contributed by atoms with Crippen molar-refractivity contribution in [3.8, 4) is 0 Å². The van der Waals surface area contributed by atoms with E-state index in [-0.39, 0.29) is 0 Å². The van der Waals surface area contributed by atoms with Crippen molar-refractivity contribution in [1.29, 1.82) is 0 Å². The van der Waals surface area contributed by atoms with Gasteiger partial charge < -0.3 is 10.9 Å². The van der Waals surface area contributed by atoms with Gasteiger partial charge in [-0.3, -0.25) is 4.68 Å². The fourth-order valence-corrected chi connectivity index (χ4v) is 1.22. The third-order valence-corrected chi connectivity index (χ3v) is 1.96. The van der Waals surface area contributed by atoms with Crippen LogP contribution < -0.4 is 5.73 Å². The Bertz CT molecular complexity index is 306. The van der Waals surface area contributed by atoms with E-state index in [9.17, 15) is 0 Å². The summed E-state index contributed by atoms with van der Waals surface area (Å²) in [7, 11) is 0. The van der Waals surface area contributed by atoms with E-state index >= 15 is 0 Å². The lowest BCUT2D eigenvalue weighted by Gasteiger charge is -2.00. The summed E-state index contributed by atoms with van der Waals surface area (Å²) < 4.78 is 1.90. The molecular weight excluding hydrogens is 180 g/mol. The number of nitrogens with zero attached hydrogens (tertiary/aromatic N) is 3. The van der Waals surface area contributed by atoms with E-state index in [1.54, 1.807) is 0 Å². The Labute approximate surface area is 83.2 Å². The van der Waals surface area contributed by atoms with Gasteiger partial charge in [0.05, 0.1) is 6.20 Å². The van der Waals surface area contributed by atoms with Gasteiger partial charge in [-0.2, -0.15) is 5.10 Å². The molecule has 0 atom stereocenters. The van der Waals surface area contributed by atoms with E-state index in [1.165, 1.54) is 5.56 Å². The van der Waals surface area contributed by atoms with Gasteiger partial charge >= 0.3 is 0 Å². The molecule has 1 aromatic heterocycles. The summed E-state index contributed by atoms with van der Waals surface area (Å²) in [4.78, 5) is 0. The van der Waals surface area contributed by atoms with Gasteiger partial charge in [0.15, 0.2) is 0 Å². The third-order valence-electron chi connectivity index (χ3n) is 1.96. The van der Waals surface area contributed by atoms with Crippen LogP contribution in [0.4, 0.5) is 0 Å². The number of hydrogen-bond acceptors (Lipinski definition) is 3. The molecule has 5 heteroatoms. The van der Waals surface area contributed by atoms with Crippen LogP contribution in [0.25, 0.3) is 0 Å². The molecule has 1 rings (SSSR count). The second-order valence-corrected chi connectivity index (χ2v) is 3.33. The van der Waals surface area contributed by atoms with Gasteiger partial charge in [-0.25, -0.2) is 0 Å². The molecule has 0 aliphatic heterocycles.